The summed E-state index contributed by atoms with van der Waals surface area (Å²) >= 11 is 0. The minimum Gasteiger partial charge on any atom is -0.354 e. The number of hydrogen-bond acceptors (Lipinski definition) is 5. The van der Waals surface area contributed by atoms with Gasteiger partial charge in [0.05, 0.1) is 11.3 Å². The van der Waals surface area contributed by atoms with E-state index in [9.17, 15) is 30.8 Å². The maximum atomic E-state index is 13.8. The number of sulfonamides is 1. The van der Waals surface area contributed by atoms with Crippen molar-refractivity contribution in [3.05, 3.63) is 77.6 Å². The molecule has 0 spiro atoms. The summed E-state index contributed by atoms with van der Waals surface area (Å²) in [4.78, 5) is 20.5. The molecule has 2 aliphatic heterocycles. The van der Waals surface area contributed by atoms with Crippen molar-refractivity contribution in [3.63, 3.8) is 0 Å². The van der Waals surface area contributed by atoms with E-state index in [4.69, 9.17) is 4.98 Å². The molecule has 3 atom stereocenters. The van der Waals surface area contributed by atoms with Crippen LogP contribution in [0.5, 0.6) is 0 Å². The van der Waals surface area contributed by atoms with Gasteiger partial charge < -0.3 is 10.2 Å². The highest BCUT2D eigenvalue weighted by Gasteiger charge is 2.56. The lowest BCUT2D eigenvalue weighted by molar-refractivity contribution is -0.733. The van der Waals surface area contributed by atoms with Crippen molar-refractivity contribution in [2.45, 2.75) is 69.2 Å². The van der Waals surface area contributed by atoms with Gasteiger partial charge in [0.2, 0.25) is 0 Å². The van der Waals surface area contributed by atoms with Gasteiger partial charge in [-0.15, -0.1) is 3.89 Å². The molecule has 0 saturated carbocycles. The molecule has 1 N–H and O–H groups in total. The Morgan fingerprint density at radius 2 is 1.71 bits per heavy atom. The molecule has 0 bridgehead atoms. The molecule has 42 heavy (non-hydrogen) atoms. The van der Waals surface area contributed by atoms with E-state index in [1.807, 2.05) is 6.07 Å². The highest BCUT2D eigenvalue weighted by atomic mass is 32.2. The minimum atomic E-state index is -4.46. The number of likely N-dealkylation sites (tertiary alicyclic amines) is 1. The Labute approximate surface area is 242 Å². The number of carbonyl (C=O) groups excluding carboxylic acids is 1. The van der Waals surface area contributed by atoms with E-state index in [0.29, 0.717) is 35.5 Å². The third kappa shape index (κ3) is 5.49. The molecule has 2 aliphatic rings. The minimum absolute atomic E-state index is 0.0180. The molecule has 3 heterocycles. The Balaban J connectivity index is 1.47. The van der Waals surface area contributed by atoms with Gasteiger partial charge in [-0.05, 0) is 80.8 Å². The van der Waals surface area contributed by atoms with Crippen molar-refractivity contribution < 1.29 is 34.7 Å². The number of carbonyl (C=O) groups is 1. The summed E-state index contributed by atoms with van der Waals surface area (Å²) in [5.74, 6) is 0.0584. The molecule has 2 unspecified atom stereocenters. The first-order valence-corrected chi connectivity index (χ1v) is 15.4. The maximum Gasteiger partial charge on any atom is 0.432 e. The number of alkyl halides is 3. The number of anilines is 1. The van der Waals surface area contributed by atoms with Gasteiger partial charge in [-0.1, -0.05) is 12.1 Å². The van der Waals surface area contributed by atoms with Gasteiger partial charge >= 0.3 is 22.2 Å². The predicted molar refractivity (Wildman–Crippen MR) is 150 cm³/mol. The average Bonchev–Trinajstić information content (AvgIpc) is 3.57. The van der Waals surface area contributed by atoms with Crippen LogP contribution in [-0.4, -0.2) is 48.5 Å². The van der Waals surface area contributed by atoms with Crippen LogP contribution in [-0.2, 0) is 22.7 Å². The largest absolute Gasteiger partial charge is 0.432 e. The Kier molecular flexibility index (Phi) is 8.06. The Morgan fingerprint density at radius 3 is 2.29 bits per heavy atom. The van der Waals surface area contributed by atoms with Crippen LogP contribution in [0.15, 0.2) is 65.6 Å². The van der Waals surface area contributed by atoms with E-state index >= 15 is 0 Å². The zero-order valence-corrected chi connectivity index (χ0v) is 24.2. The van der Waals surface area contributed by atoms with E-state index in [1.54, 1.807) is 13.0 Å². The number of quaternary nitrogens is 1. The number of rotatable bonds is 6. The second-order valence-corrected chi connectivity index (χ2v) is 13.1. The van der Waals surface area contributed by atoms with Crippen molar-refractivity contribution in [3.8, 4) is 11.3 Å². The van der Waals surface area contributed by atoms with Crippen LogP contribution in [0, 0.1) is 5.82 Å². The molecule has 2 aromatic carbocycles. The van der Waals surface area contributed by atoms with Crippen molar-refractivity contribution in [1.82, 2.24) is 10.3 Å². The number of hydrogen-bond donors (Lipinski definition) is 1. The molecule has 7 nitrogen and oxygen atoms in total. The topological polar surface area (TPSA) is 79.4 Å². The molecule has 0 radical (unpaired) electrons. The quantitative estimate of drug-likeness (QED) is 0.257. The molecule has 12 heteroatoms. The van der Waals surface area contributed by atoms with Crippen LogP contribution in [0.2, 0.25) is 0 Å². The fourth-order valence-corrected chi connectivity index (χ4v) is 8.08. The number of amides is 2. The number of pyridine rings is 1. The van der Waals surface area contributed by atoms with Crippen molar-refractivity contribution in [2.24, 2.45) is 0 Å². The van der Waals surface area contributed by atoms with Crippen LogP contribution < -0.4 is 10.2 Å². The van der Waals surface area contributed by atoms with E-state index in [-0.39, 0.29) is 24.0 Å². The highest BCUT2D eigenvalue weighted by molar-refractivity contribution is 7.86. The lowest BCUT2D eigenvalue weighted by Crippen LogP contribution is -2.62. The lowest BCUT2D eigenvalue weighted by Gasteiger charge is -2.33. The molecule has 2 fully saturated rings. The molecule has 3 aromatic rings. The van der Waals surface area contributed by atoms with Gasteiger partial charge in [0, 0.05) is 37.5 Å². The van der Waals surface area contributed by atoms with Crippen molar-refractivity contribution in [2.75, 3.05) is 18.0 Å². The second-order valence-electron chi connectivity index (χ2n) is 11.1. The zero-order chi connectivity index (χ0) is 30.3. The van der Waals surface area contributed by atoms with Gasteiger partial charge in [0.25, 0.3) is 0 Å². The molecule has 224 valence electrons. The summed E-state index contributed by atoms with van der Waals surface area (Å²) in [6, 6.07) is 11.7. The Hall–Kier alpha value is -3.51. The molecule has 2 saturated heterocycles. The summed E-state index contributed by atoms with van der Waals surface area (Å²) in [6.45, 7) is 4.62. The summed E-state index contributed by atoms with van der Waals surface area (Å²) in [5, 5.41) is 2.82. The molecule has 5 rings (SSSR count). The Morgan fingerprint density at radius 1 is 1.02 bits per heavy atom. The third-order valence-electron chi connectivity index (χ3n) is 8.38. The maximum absolute atomic E-state index is 13.8. The van der Waals surface area contributed by atoms with Gasteiger partial charge in [0.15, 0.2) is 0 Å². The zero-order valence-electron chi connectivity index (χ0n) is 23.4. The lowest BCUT2D eigenvalue weighted by atomic mass is 10.1. The molecular weight excluding hydrogens is 572 g/mol. The van der Waals surface area contributed by atoms with E-state index < -0.39 is 43.5 Å². The fraction of sp³-hybridized carbons (Fsp3) is 0.400. The van der Waals surface area contributed by atoms with Gasteiger partial charge in [-0.3, -0.25) is 0 Å². The first-order valence-electron chi connectivity index (χ1n) is 13.9. The van der Waals surface area contributed by atoms with Crippen LogP contribution in [0.3, 0.4) is 0 Å². The van der Waals surface area contributed by atoms with Crippen molar-refractivity contribution in [1.29, 1.82) is 0 Å². The second kappa shape index (κ2) is 11.3. The number of nitrogens with zero attached hydrogens (tertiary/aromatic N) is 3. The SMILES string of the molecule is CC1CCCN1c1cc(CNC(=O)[N+]2(S(=O)(=O)c3ccc(F)cc3)CCC[C@H]2C)cc(-c2ccc(C(F)(F)F)cc2)n1. The van der Waals surface area contributed by atoms with Gasteiger partial charge in [0.1, 0.15) is 29.1 Å². The Bertz CT molecular complexity index is 1560. The molecule has 1 aromatic heterocycles. The molecular formula is C30H33F4N4O3S+. The summed E-state index contributed by atoms with van der Waals surface area (Å²) in [6.07, 6.45) is -1.47. The third-order valence-corrected chi connectivity index (χ3v) is 10.8. The predicted octanol–water partition coefficient (Wildman–Crippen LogP) is 6.49. The number of aromatic nitrogens is 1. The van der Waals surface area contributed by atoms with Crippen LogP contribution in [0.25, 0.3) is 11.3 Å². The summed E-state index contributed by atoms with van der Waals surface area (Å²) < 4.78 is 79.8. The van der Waals surface area contributed by atoms with E-state index in [0.717, 1.165) is 43.7 Å². The van der Waals surface area contributed by atoms with E-state index in [1.165, 1.54) is 24.3 Å². The van der Waals surface area contributed by atoms with Crippen molar-refractivity contribution >= 4 is 21.9 Å². The van der Waals surface area contributed by atoms with Gasteiger partial charge in [-0.2, -0.15) is 21.6 Å². The molecule has 2 amide bonds. The van der Waals surface area contributed by atoms with Crippen LogP contribution in [0.1, 0.15) is 50.7 Å². The highest BCUT2D eigenvalue weighted by Crippen LogP contribution is 2.37. The number of benzene rings is 2. The molecule has 0 aliphatic carbocycles. The fourth-order valence-electron chi connectivity index (χ4n) is 6.00. The van der Waals surface area contributed by atoms with E-state index in [2.05, 4.69) is 17.1 Å². The normalized spacial score (nSPS) is 22.9. The standard InChI is InChI=1S/C30H32F4N4O3S/c1-20-5-3-15-37(20)28-18-22(17-27(36-28)23-7-9-24(10-8-23)30(32,33)34)19-35-29(39)38(16-4-6-21(38)2)42(40,41)26-13-11-25(31)12-14-26/h7-14,17-18,20-21H,3-6,15-16,19H2,1-2H3/p+1/t20?,21-,38?/m1/s1. The first-order chi connectivity index (χ1) is 19.8. The number of halogens is 4. The van der Waals surface area contributed by atoms with Crippen LogP contribution >= 0.6 is 0 Å². The van der Waals surface area contributed by atoms with Crippen LogP contribution in [0.4, 0.5) is 28.2 Å². The summed E-state index contributed by atoms with van der Waals surface area (Å²) in [5.41, 5.74) is 0.799. The van der Waals surface area contributed by atoms with Gasteiger partial charge in [-0.25, -0.2) is 14.2 Å². The smallest absolute Gasteiger partial charge is 0.354 e. The monoisotopic (exact) mass is 605 g/mol. The first kappa shape index (κ1) is 30.0. The summed E-state index contributed by atoms with van der Waals surface area (Å²) in [7, 11) is -4.22. The average molecular weight is 606 g/mol. The number of urea groups is 1. The number of nitrogens with one attached hydrogen (secondary N) is 1.